The molecule has 46 heavy (non-hydrogen) atoms. The molecule has 0 aliphatic carbocycles. The Kier molecular flexibility index (Phi) is 10.2. The van der Waals surface area contributed by atoms with Crippen molar-refractivity contribution >= 4 is 35.2 Å². The van der Waals surface area contributed by atoms with Crippen LogP contribution in [-0.4, -0.2) is 54.8 Å². The lowest BCUT2D eigenvalue weighted by atomic mass is 9.97. The zero-order chi connectivity index (χ0) is 33.9. The minimum absolute atomic E-state index is 0.0258. The third-order valence-electron chi connectivity index (χ3n) is 7.52. The zero-order valence-electron chi connectivity index (χ0n) is 26.5. The van der Waals surface area contributed by atoms with Crippen LogP contribution in [0.15, 0.2) is 41.2 Å². The normalized spacial score (nSPS) is 15.5. The van der Waals surface area contributed by atoms with Crippen molar-refractivity contribution in [3.63, 3.8) is 0 Å². The molecule has 14 nitrogen and oxygen atoms in total. The fourth-order valence-electron chi connectivity index (χ4n) is 5.30. The van der Waals surface area contributed by atoms with Crippen molar-refractivity contribution < 1.29 is 28.8 Å². The summed E-state index contributed by atoms with van der Waals surface area (Å²) in [5.41, 5.74) is -0.996. The number of amides is 3. The summed E-state index contributed by atoms with van der Waals surface area (Å²) in [4.78, 5) is 65.8. The summed E-state index contributed by atoms with van der Waals surface area (Å²) < 4.78 is 13.4. The van der Waals surface area contributed by atoms with Crippen LogP contribution in [0.25, 0.3) is 0 Å². The third-order valence-corrected chi connectivity index (χ3v) is 7.75. The van der Waals surface area contributed by atoms with E-state index in [1.54, 1.807) is 52.8 Å². The fourth-order valence-corrected chi connectivity index (χ4v) is 5.49. The summed E-state index contributed by atoms with van der Waals surface area (Å²) in [6, 6.07) is 7.47. The Morgan fingerprint density at radius 2 is 1.89 bits per heavy atom. The van der Waals surface area contributed by atoms with Gasteiger partial charge in [0.2, 0.25) is 5.91 Å². The minimum Gasteiger partial charge on any atom is -0.496 e. The Balaban J connectivity index is 1.67. The minimum atomic E-state index is -0.864. The lowest BCUT2D eigenvalue weighted by Crippen LogP contribution is -2.46. The van der Waals surface area contributed by atoms with E-state index in [9.17, 15) is 29.3 Å². The number of carbonyl (C=O) groups is 3. The molecule has 0 fully saturated rings. The number of esters is 1. The van der Waals surface area contributed by atoms with E-state index in [4.69, 9.17) is 21.1 Å². The molecule has 0 spiro atoms. The van der Waals surface area contributed by atoms with Crippen molar-refractivity contribution in [3.05, 3.63) is 84.5 Å². The van der Waals surface area contributed by atoms with Crippen LogP contribution in [0.2, 0.25) is 5.02 Å². The number of halogens is 1. The number of nitro benzene ring substituents is 1. The number of aromatic nitrogens is 3. The van der Waals surface area contributed by atoms with E-state index >= 15 is 0 Å². The number of carbonyl (C=O) groups excluding carboxylic acids is 3. The number of nitrogens with one attached hydrogen (secondary N) is 1. The average molecular weight is 657 g/mol. The summed E-state index contributed by atoms with van der Waals surface area (Å²) in [6.07, 6.45) is 0.417. The van der Waals surface area contributed by atoms with E-state index in [2.05, 4.69) is 10.4 Å². The van der Waals surface area contributed by atoms with E-state index in [-0.39, 0.29) is 30.9 Å². The Hall–Kier alpha value is -4.72. The summed E-state index contributed by atoms with van der Waals surface area (Å²) >= 11 is 6.23. The van der Waals surface area contributed by atoms with Crippen molar-refractivity contribution in [1.29, 1.82) is 0 Å². The number of fused-ring (bicyclic) bond motifs is 1. The number of aryl methyl sites for hydroxylation is 1. The first-order chi connectivity index (χ1) is 21.7. The fraction of sp³-hybridized carbons (Fsp3) is 0.452. The average Bonchev–Trinajstić information content (AvgIpc) is 3.22. The first kappa shape index (κ1) is 34.2. The van der Waals surface area contributed by atoms with E-state index in [0.717, 1.165) is 4.90 Å². The van der Waals surface area contributed by atoms with Crippen LogP contribution in [0, 0.1) is 16.0 Å². The van der Waals surface area contributed by atoms with Crippen molar-refractivity contribution in [2.75, 3.05) is 7.11 Å². The molecule has 2 aromatic carbocycles. The van der Waals surface area contributed by atoms with Crippen LogP contribution >= 0.6 is 11.6 Å². The molecule has 0 saturated heterocycles. The highest BCUT2D eigenvalue weighted by molar-refractivity contribution is 6.30. The molecule has 0 radical (unpaired) electrons. The summed E-state index contributed by atoms with van der Waals surface area (Å²) in [5.74, 6) is -1.52. The topological polar surface area (TPSA) is 168 Å². The molecule has 15 heteroatoms. The Morgan fingerprint density at radius 3 is 2.50 bits per heavy atom. The van der Waals surface area contributed by atoms with Gasteiger partial charge in [-0.05, 0) is 75.9 Å². The molecule has 1 aliphatic rings. The third kappa shape index (κ3) is 7.39. The molecule has 1 aliphatic heterocycles. The summed E-state index contributed by atoms with van der Waals surface area (Å²) in [6.45, 7) is 8.48. The van der Waals surface area contributed by atoms with Gasteiger partial charge in [0.15, 0.2) is 5.82 Å². The number of ether oxygens (including phenoxy) is 2. The number of benzene rings is 2. The number of imide groups is 1. The molecule has 0 saturated carbocycles. The zero-order valence-corrected chi connectivity index (χ0v) is 27.3. The van der Waals surface area contributed by atoms with Crippen molar-refractivity contribution in [2.45, 2.75) is 78.7 Å². The Morgan fingerprint density at radius 1 is 1.17 bits per heavy atom. The number of nitro groups is 1. The molecule has 3 amide bonds. The SMILES string of the molecule is CC[C@@H](NC(=O)N1Cc2nn(CC)c(=O)n2C[C@H](Cc2cc(Cl)ccc2OC)C1=O)c1ccc(C(=O)OC(C)(C)C)c([N+](=O)[O-])c1. The van der Waals surface area contributed by atoms with Gasteiger partial charge >= 0.3 is 17.7 Å². The Labute approximate surface area is 270 Å². The van der Waals surface area contributed by atoms with Gasteiger partial charge in [0, 0.05) is 24.2 Å². The molecular weight excluding hydrogens is 620 g/mol. The van der Waals surface area contributed by atoms with Gasteiger partial charge in [-0.25, -0.2) is 19.1 Å². The first-order valence-electron chi connectivity index (χ1n) is 14.8. The molecule has 3 aromatic rings. The second-order valence-electron chi connectivity index (χ2n) is 11.9. The maximum absolute atomic E-state index is 14.0. The number of nitrogens with zero attached hydrogens (tertiary/aromatic N) is 5. The van der Waals surface area contributed by atoms with Crippen molar-refractivity contribution in [3.8, 4) is 5.75 Å². The first-order valence-corrected chi connectivity index (χ1v) is 15.2. The molecule has 2 atom stereocenters. The van der Waals surface area contributed by atoms with E-state index in [1.807, 2.05) is 0 Å². The van der Waals surface area contributed by atoms with E-state index < -0.39 is 51.8 Å². The monoisotopic (exact) mass is 656 g/mol. The number of methoxy groups -OCH3 is 1. The molecule has 246 valence electrons. The lowest BCUT2D eigenvalue weighted by Gasteiger charge is -2.26. The smallest absolute Gasteiger partial charge is 0.345 e. The van der Waals surface area contributed by atoms with Gasteiger partial charge in [-0.1, -0.05) is 24.6 Å². The summed E-state index contributed by atoms with van der Waals surface area (Å²) in [5, 5.41) is 19.5. The van der Waals surface area contributed by atoms with Gasteiger partial charge in [0.25, 0.3) is 5.69 Å². The van der Waals surface area contributed by atoms with Crippen LogP contribution in [0.4, 0.5) is 10.5 Å². The van der Waals surface area contributed by atoms with Gasteiger partial charge in [0.1, 0.15) is 16.9 Å². The van der Waals surface area contributed by atoms with Gasteiger partial charge in [0.05, 0.1) is 30.5 Å². The van der Waals surface area contributed by atoms with Gasteiger partial charge in [-0.2, -0.15) is 5.10 Å². The second-order valence-corrected chi connectivity index (χ2v) is 12.3. The molecule has 1 aromatic heterocycles. The lowest BCUT2D eigenvalue weighted by molar-refractivity contribution is -0.385. The second kappa shape index (κ2) is 13.7. The predicted molar refractivity (Wildman–Crippen MR) is 168 cm³/mol. The maximum atomic E-state index is 14.0. The van der Waals surface area contributed by atoms with Gasteiger partial charge in [-0.15, -0.1) is 0 Å². The summed E-state index contributed by atoms with van der Waals surface area (Å²) in [7, 11) is 1.49. The van der Waals surface area contributed by atoms with Gasteiger partial charge < -0.3 is 14.8 Å². The van der Waals surface area contributed by atoms with Crippen LogP contribution < -0.4 is 15.7 Å². The Bertz CT molecular complexity index is 1730. The van der Waals surface area contributed by atoms with Crippen LogP contribution in [-0.2, 0) is 35.6 Å². The maximum Gasteiger partial charge on any atom is 0.345 e. The number of hydrogen-bond donors (Lipinski definition) is 1. The highest BCUT2D eigenvalue weighted by Crippen LogP contribution is 2.30. The van der Waals surface area contributed by atoms with Gasteiger partial charge in [-0.3, -0.25) is 24.4 Å². The van der Waals surface area contributed by atoms with Crippen molar-refractivity contribution in [1.82, 2.24) is 24.6 Å². The largest absolute Gasteiger partial charge is 0.496 e. The number of urea groups is 1. The molecule has 0 unspecified atom stereocenters. The van der Waals surface area contributed by atoms with E-state index in [1.165, 1.54) is 34.6 Å². The van der Waals surface area contributed by atoms with E-state index in [0.29, 0.717) is 34.9 Å². The predicted octanol–water partition coefficient (Wildman–Crippen LogP) is 4.65. The molecule has 4 rings (SSSR count). The van der Waals surface area contributed by atoms with Crippen LogP contribution in [0.5, 0.6) is 5.75 Å². The van der Waals surface area contributed by atoms with Crippen molar-refractivity contribution in [2.24, 2.45) is 5.92 Å². The standard InChI is InChI=1S/C31H37ClN6O8/c1-7-23(18-9-11-22(24(15-18)38(43)44)28(40)46-31(3,4)5)33-29(41)36-17-26-34-37(8-2)30(42)35(26)16-20(27(36)39)13-19-14-21(32)10-12-25(19)45-6/h9-12,14-15,20,23H,7-8,13,16-17H2,1-6H3,(H,33,41)/t20-,23+/m0/s1. The number of hydrogen-bond acceptors (Lipinski definition) is 9. The highest BCUT2D eigenvalue weighted by Gasteiger charge is 2.37. The molecule has 0 bridgehead atoms. The number of rotatable bonds is 9. The van der Waals surface area contributed by atoms with Crippen LogP contribution in [0.3, 0.4) is 0 Å². The molecular formula is C31H37ClN6O8. The van der Waals surface area contributed by atoms with Crippen LogP contribution in [0.1, 0.15) is 74.4 Å². The molecule has 1 N–H and O–H groups in total. The quantitative estimate of drug-likeness (QED) is 0.196. The highest BCUT2D eigenvalue weighted by atomic mass is 35.5. The molecule has 2 heterocycles.